The molecule has 0 spiro atoms. The topological polar surface area (TPSA) is 69.6 Å². The first-order valence-electron chi connectivity index (χ1n) is 8.67. The predicted molar refractivity (Wildman–Crippen MR) is 111 cm³/mol. The quantitative estimate of drug-likeness (QED) is 0.298. The van der Waals surface area contributed by atoms with Gasteiger partial charge in [-0.2, -0.15) is 5.10 Å². The third kappa shape index (κ3) is 3.10. The number of benzene rings is 1. The van der Waals surface area contributed by atoms with Crippen molar-refractivity contribution in [2.24, 2.45) is 0 Å². The summed E-state index contributed by atoms with van der Waals surface area (Å²) in [6.07, 6.45) is 3.40. The van der Waals surface area contributed by atoms with Gasteiger partial charge in [0.25, 0.3) is 0 Å². The van der Waals surface area contributed by atoms with Gasteiger partial charge < -0.3 is 4.42 Å². The molecule has 1 aromatic carbocycles. The molecule has 0 saturated heterocycles. The Hall–Kier alpha value is -2.97. The lowest BCUT2D eigenvalue weighted by molar-refractivity contribution is 0.542. The fourth-order valence-corrected chi connectivity index (χ4v) is 4.51. The number of rotatable bonds is 5. The summed E-state index contributed by atoms with van der Waals surface area (Å²) in [4.78, 5) is 14.6. The Morgan fingerprint density at radius 1 is 1.11 bits per heavy atom. The number of oxazole rings is 1. The first-order chi connectivity index (χ1) is 13.8. The fourth-order valence-electron chi connectivity index (χ4n) is 2.90. The third-order valence-corrected chi connectivity index (χ3v) is 6.17. The number of aryl methyl sites for hydroxylation is 1. The summed E-state index contributed by atoms with van der Waals surface area (Å²) in [5.41, 5.74) is 2.69. The van der Waals surface area contributed by atoms with Crippen molar-refractivity contribution in [1.29, 1.82) is 0 Å². The Morgan fingerprint density at radius 3 is 2.82 bits per heavy atom. The Morgan fingerprint density at radius 2 is 2.00 bits per heavy atom. The summed E-state index contributed by atoms with van der Waals surface area (Å²) in [6.45, 7) is 1.95. The Bertz CT molecular complexity index is 1230. The van der Waals surface area contributed by atoms with Gasteiger partial charge in [0.05, 0.1) is 27.8 Å². The van der Waals surface area contributed by atoms with Gasteiger partial charge in [0, 0.05) is 5.75 Å². The van der Waals surface area contributed by atoms with E-state index < -0.39 is 0 Å². The summed E-state index contributed by atoms with van der Waals surface area (Å²) in [7, 11) is 0. The lowest BCUT2D eigenvalue weighted by Crippen LogP contribution is -1.97. The van der Waals surface area contributed by atoms with Crippen LogP contribution < -0.4 is 0 Å². The molecule has 0 fully saturated rings. The molecule has 5 rings (SSSR count). The second-order valence-corrected chi connectivity index (χ2v) is 8.01. The van der Waals surface area contributed by atoms with E-state index in [2.05, 4.69) is 20.1 Å². The molecular weight excluding hydrogens is 390 g/mol. The zero-order valence-corrected chi connectivity index (χ0v) is 16.6. The van der Waals surface area contributed by atoms with E-state index in [4.69, 9.17) is 4.42 Å². The van der Waals surface area contributed by atoms with Crippen LogP contribution in [0.4, 0.5) is 0 Å². The minimum absolute atomic E-state index is 0.670. The van der Waals surface area contributed by atoms with Crippen LogP contribution in [0.15, 0.2) is 69.8 Å². The van der Waals surface area contributed by atoms with Crippen LogP contribution in [0.5, 0.6) is 0 Å². The first-order valence-corrected chi connectivity index (χ1v) is 10.5. The molecule has 8 heteroatoms. The standard InChI is InChI=1S/C20H15N5OS2/c1-13-16(24-19(26-13)17-8-5-9-27-17)11-28-20-15-10-23-25(18(15)21-12-22-20)14-6-3-2-4-7-14/h2-10,12H,11H2,1H3. The Kier molecular flexibility index (Phi) is 4.42. The maximum atomic E-state index is 5.83. The lowest BCUT2D eigenvalue weighted by atomic mass is 10.3. The van der Waals surface area contributed by atoms with Gasteiger partial charge >= 0.3 is 0 Å². The third-order valence-electron chi connectivity index (χ3n) is 4.30. The molecule has 4 aromatic heterocycles. The maximum absolute atomic E-state index is 5.83. The smallest absolute Gasteiger partial charge is 0.236 e. The van der Waals surface area contributed by atoms with E-state index in [1.165, 1.54) is 0 Å². The van der Waals surface area contributed by atoms with E-state index in [-0.39, 0.29) is 0 Å². The first kappa shape index (κ1) is 17.2. The average Bonchev–Trinajstić information content (AvgIpc) is 3.47. The number of thioether (sulfide) groups is 1. The van der Waals surface area contributed by atoms with Crippen LogP contribution in [0.1, 0.15) is 11.5 Å². The highest BCUT2D eigenvalue weighted by atomic mass is 32.2. The predicted octanol–water partition coefficient (Wildman–Crippen LogP) is 5.13. The van der Waals surface area contributed by atoms with E-state index in [0.29, 0.717) is 11.6 Å². The van der Waals surface area contributed by atoms with Crippen LogP contribution >= 0.6 is 23.1 Å². The van der Waals surface area contributed by atoms with Gasteiger partial charge in [0.2, 0.25) is 5.89 Å². The van der Waals surface area contributed by atoms with Crippen molar-refractivity contribution >= 4 is 34.1 Å². The second kappa shape index (κ2) is 7.21. The molecule has 0 aliphatic carbocycles. The van der Waals surface area contributed by atoms with Crippen LogP contribution in [0, 0.1) is 6.92 Å². The monoisotopic (exact) mass is 405 g/mol. The van der Waals surface area contributed by atoms with Crippen LogP contribution in [0.2, 0.25) is 0 Å². The van der Waals surface area contributed by atoms with Gasteiger partial charge in [-0.15, -0.1) is 11.3 Å². The van der Waals surface area contributed by atoms with Crippen molar-refractivity contribution < 1.29 is 4.42 Å². The number of thiophene rings is 1. The van der Waals surface area contributed by atoms with Gasteiger partial charge in [-0.3, -0.25) is 0 Å². The molecule has 0 atom stereocenters. The number of aromatic nitrogens is 5. The molecule has 5 aromatic rings. The zero-order chi connectivity index (χ0) is 18.9. The van der Waals surface area contributed by atoms with E-state index in [0.717, 1.165) is 38.1 Å². The number of hydrogen-bond acceptors (Lipinski definition) is 7. The summed E-state index contributed by atoms with van der Waals surface area (Å²) in [5, 5.41) is 8.33. The molecule has 6 nitrogen and oxygen atoms in total. The van der Waals surface area contributed by atoms with Crippen molar-refractivity contribution in [3.05, 3.63) is 71.8 Å². The minimum atomic E-state index is 0.670. The highest BCUT2D eigenvalue weighted by molar-refractivity contribution is 7.98. The molecule has 0 saturated carbocycles. The summed E-state index contributed by atoms with van der Waals surface area (Å²) < 4.78 is 7.66. The van der Waals surface area contributed by atoms with Crippen molar-refractivity contribution in [2.45, 2.75) is 17.7 Å². The molecule has 0 radical (unpaired) electrons. The molecule has 0 N–H and O–H groups in total. The van der Waals surface area contributed by atoms with Crippen molar-refractivity contribution in [3.63, 3.8) is 0 Å². The minimum Gasteiger partial charge on any atom is -0.440 e. The van der Waals surface area contributed by atoms with Crippen LogP contribution in [-0.2, 0) is 5.75 Å². The maximum Gasteiger partial charge on any atom is 0.236 e. The summed E-state index contributed by atoms with van der Waals surface area (Å²) in [6, 6.07) is 14.0. The SMILES string of the molecule is Cc1oc(-c2cccs2)nc1CSc1ncnc2c1cnn2-c1ccccc1. The average molecular weight is 406 g/mol. The molecule has 0 amide bonds. The number of hydrogen-bond donors (Lipinski definition) is 0. The van der Waals surface area contributed by atoms with Gasteiger partial charge in [-0.1, -0.05) is 36.0 Å². The summed E-state index contributed by atoms with van der Waals surface area (Å²) >= 11 is 3.23. The fraction of sp³-hybridized carbons (Fsp3) is 0.100. The van der Waals surface area contributed by atoms with Crippen molar-refractivity contribution in [2.75, 3.05) is 0 Å². The number of nitrogens with zero attached hydrogens (tertiary/aromatic N) is 5. The van der Waals surface area contributed by atoms with E-state index >= 15 is 0 Å². The van der Waals surface area contributed by atoms with Gasteiger partial charge in [-0.25, -0.2) is 19.6 Å². The van der Waals surface area contributed by atoms with Gasteiger partial charge in [0.1, 0.15) is 17.1 Å². The number of fused-ring (bicyclic) bond motifs is 1. The molecule has 0 bridgehead atoms. The van der Waals surface area contributed by atoms with Crippen LogP contribution in [-0.4, -0.2) is 24.7 Å². The molecule has 0 aliphatic heterocycles. The zero-order valence-electron chi connectivity index (χ0n) is 14.9. The second-order valence-electron chi connectivity index (χ2n) is 6.10. The molecule has 0 aliphatic rings. The van der Waals surface area contributed by atoms with E-state index in [9.17, 15) is 0 Å². The molecule has 28 heavy (non-hydrogen) atoms. The number of para-hydroxylation sites is 1. The highest BCUT2D eigenvalue weighted by Gasteiger charge is 2.15. The Balaban J connectivity index is 1.43. The van der Waals surface area contributed by atoms with Gasteiger partial charge in [-0.05, 0) is 30.5 Å². The van der Waals surface area contributed by atoms with Crippen molar-refractivity contribution in [1.82, 2.24) is 24.7 Å². The largest absolute Gasteiger partial charge is 0.440 e. The van der Waals surface area contributed by atoms with E-state index in [1.54, 1.807) is 29.4 Å². The highest BCUT2D eigenvalue weighted by Crippen LogP contribution is 2.31. The van der Waals surface area contributed by atoms with Gasteiger partial charge in [0.15, 0.2) is 5.65 Å². The molecule has 138 valence electrons. The van der Waals surface area contributed by atoms with Crippen LogP contribution in [0.3, 0.4) is 0 Å². The van der Waals surface area contributed by atoms with Crippen LogP contribution in [0.25, 0.3) is 27.5 Å². The summed E-state index contributed by atoms with van der Waals surface area (Å²) in [5.74, 6) is 2.18. The molecule has 4 heterocycles. The lowest BCUT2D eigenvalue weighted by Gasteiger charge is -2.03. The Labute approximate surface area is 169 Å². The molecular formula is C20H15N5OS2. The normalized spacial score (nSPS) is 11.3. The van der Waals surface area contributed by atoms with Crippen molar-refractivity contribution in [3.8, 4) is 16.5 Å². The van der Waals surface area contributed by atoms with E-state index in [1.807, 2.05) is 65.6 Å². The molecule has 0 unspecified atom stereocenters.